The van der Waals surface area contributed by atoms with Crippen molar-refractivity contribution in [3.63, 3.8) is 0 Å². The number of nitrogens with zero attached hydrogens (tertiary/aromatic N) is 4. The average molecular weight is 769 g/mol. The molecule has 0 amide bonds. The second-order valence-electron chi connectivity index (χ2n) is 15.0. The van der Waals surface area contributed by atoms with Crippen LogP contribution in [0.5, 0.6) is 0 Å². The zero-order valence-electron chi connectivity index (χ0n) is 32.9. The van der Waals surface area contributed by atoms with Crippen molar-refractivity contribution in [1.82, 2.24) is 18.3 Å². The number of fused-ring (bicyclic) bond motifs is 16. The molecule has 0 unspecified atom stereocenters. The van der Waals surface area contributed by atoms with E-state index < -0.39 is 0 Å². The van der Waals surface area contributed by atoms with Crippen molar-refractivity contribution in [2.45, 2.75) is 0 Å². The Labute approximate surface area is 348 Å². The van der Waals surface area contributed by atoms with E-state index in [1.807, 2.05) is 0 Å². The minimum absolute atomic E-state index is 1.06. The smallest absolute Gasteiger partial charge is 0.0541 e. The SMILES string of the molecule is c1ccc(-n2c3cccc(c3)n(-c3ccccc3)c3ccc(c4ccccc43)n(-c3ccccc3)c3cccc(c3)n(-c3ccccc3)c3ccc2c2ccccc23)cc1. The van der Waals surface area contributed by atoms with Crippen molar-refractivity contribution < 1.29 is 0 Å². The van der Waals surface area contributed by atoms with E-state index in [0.29, 0.717) is 0 Å². The molecule has 4 nitrogen and oxygen atoms in total. The van der Waals surface area contributed by atoms with Gasteiger partial charge in [0.1, 0.15) is 0 Å². The van der Waals surface area contributed by atoms with Gasteiger partial charge in [-0.2, -0.15) is 0 Å². The molecule has 0 spiro atoms. The lowest BCUT2D eigenvalue weighted by molar-refractivity contribution is 1.13. The molecule has 0 fully saturated rings. The topological polar surface area (TPSA) is 19.7 Å². The van der Waals surface area contributed by atoms with Crippen LogP contribution in [-0.4, -0.2) is 18.3 Å². The highest BCUT2D eigenvalue weighted by atomic mass is 15.0. The quantitative estimate of drug-likeness (QED) is 0.170. The zero-order chi connectivity index (χ0) is 39.8. The van der Waals surface area contributed by atoms with Crippen LogP contribution in [0.2, 0.25) is 0 Å². The van der Waals surface area contributed by atoms with Gasteiger partial charge in [0.15, 0.2) is 0 Å². The number of rotatable bonds is 4. The van der Waals surface area contributed by atoms with Crippen LogP contribution in [0, 0.1) is 0 Å². The minimum Gasteiger partial charge on any atom is -0.310 e. The number of aromatic nitrogens is 4. The molecule has 0 N–H and O–H groups in total. The molecule has 0 saturated carbocycles. The first-order valence-electron chi connectivity index (χ1n) is 20.4. The van der Waals surface area contributed by atoms with Gasteiger partial charge >= 0.3 is 0 Å². The van der Waals surface area contributed by atoms with Crippen molar-refractivity contribution in [3.05, 3.63) is 243 Å². The third kappa shape index (κ3) is 6.10. The zero-order valence-corrected chi connectivity index (χ0v) is 32.9. The second kappa shape index (κ2) is 15.0. The summed E-state index contributed by atoms with van der Waals surface area (Å²) in [6.45, 7) is 0. The fourth-order valence-corrected chi connectivity index (χ4v) is 8.87. The maximum atomic E-state index is 2.40. The lowest BCUT2D eigenvalue weighted by Crippen LogP contribution is -2.03. The third-order valence-corrected chi connectivity index (χ3v) is 11.5. The van der Waals surface area contributed by atoms with Gasteiger partial charge in [0.2, 0.25) is 0 Å². The summed E-state index contributed by atoms with van der Waals surface area (Å²) in [5.41, 5.74) is 12.9. The molecule has 60 heavy (non-hydrogen) atoms. The predicted octanol–water partition coefficient (Wildman–Crippen LogP) is 14.6. The summed E-state index contributed by atoms with van der Waals surface area (Å²) < 4.78 is 9.59. The first-order valence-corrected chi connectivity index (χ1v) is 20.4. The van der Waals surface area contributed by atoms with Crippen molar-refractivity contribution in [2.24, 2.45) is 0 Å². The number of benzene rings is 10. The molecule has 0 aliphatic heterocycles. The van der Waals surface area contributed by atoms with E-state index >= 15 is 0 Å². The lowest BCUT2D eigenvalue weighted by Gasteiger charge is -2.19. The van der Waals surface area contributed by atoms with Gasteiger partial charge in [-0.15, -0.1) is 0 Å². The van der Waals surface area contributed by atoms with Gasteiger partial charge in [0.25, 0.3) is 0 Å². The maximum Gasteiger partial charge on any atom is 0.0541 e. The van der Waals surface area contributed by atoms with E-state index in [2.05, 4.69) is 261 Å². The van der Waals surface area contributed by atoms with Crippen LogP contribution in [0.15, 0.2) is 243 Å². The van der Waals surface area contributed by atoms with Crippen LogP contribution >= 0.6 is 0 Å². The molecule has 8 bridgehead atoms. The van der Waals surface area contributed by atoms with Crippen molar-refractivity contribution in [2.75, 3.05) is 0 Å². The Morgan fingerprint density at radius 3 is 0.633 bits per heavy atom. The Morgan fingerprint density at radius 2 is 0.400 bits per heavy atom. The molecule has 4 heteroatoms. The van der Waals surface area contributed by atoms with Gasteiger partial charge in [0.05, 0.1) is 22.1 Å². The molecular weight excluding hydrogens is 729 g/mol. The van der Waals surface area contributed by atoms with Crippen molar-refractivity contribution in [1.29, 1.82) is 0 Å². The van der Waals surface area contributed by atoms with Crippen molar-refractivity contribution in [3.8, 4) is 22.7 Å². The highest BCUT2D eigenvalue weighted by molar-refractivity contribution is 6.08. The van der Waals surface area contributed by atoms with Gasteiger partial charge in [-0.3, -0.25) is 0 Å². The standard InChI is InChI=1S/C56H40N4/c1-5-19-41(20-6-1)57-45-27-17-28-46(39-45)58(42-21-7-2-8-22-42)55-37-38-56(52-34-16-15-33-51(52)55)60(44-25-11-4-12-26-44)48-30-18-29-47(40-48)59(43-23-9-3-10-24-43)54-36-35-53(57)49-31-13-14-32-50(49)54/h1-40H. The number of para-hydroxylation sites is 4. The number of hydrogen-bond donors (Lipinski definition) is 0. The first kappa shape index (κ1) is 35.1. The normalized spacial score (nSPS) is 11.3. The molecule has 0 saturated heterocycles. The van der Waals surface area contributed by atoms with Crippen LogP contribution in [-0.2, 0) is 0 Å². The van der Waals surface area contributed by atoms with E-state index in [0.717, 1.165) is 88.4 Å². The highest BCUT2D eigenvalue weighted by Crippen LogP contribution is 2.33. The summed E-state index contributed by atoms with van der Waals surface area (Å²) in [6.07, 6.45) is 0. The van der Waals surface area contributed by atoms with E-state index in [-0.39, 0.29) is 0 Å². The second-order valence-corrected chi connectivity index (χ2v) is 15.0. The number of hydrogen-bond acceptors (Lipinski definition) is 0. The predicted molar refractivity (Wildman–Crippen MR) is 253 cm³/mol. The Morgan fingerprint density at radius 1 is 0.183 bits per heavy atom. The molecule has 0 atom stereocenters. The molecule has 284 valence electrons. The van der Waals surface area contributed by atoms with Crippen LogP contribution in [0.1, 0.15) is 0 Å². The molecule has 0 aliphatic carbocycles. The highest BCUT2D eigenvalue weighted by Gasteiger charge is 2.13. The Balaban J connectivity index is 1.46. The summed E-state index contributed by atoms with van der Waals surface area (Å²) in [4.78, 5) is 0. The van der Waals surface area contributed by atoms with Gasteiger partial charge in [-0.05, 0) is 109 Å². The summed E-state index contributed by atoms with van der Waals surface area (Å²) in [6, 6.07) is 87.6. The van der Waals surface area contributed by atoms with Crippen LogP contribution < -0.4 is 0 Å². The largest absolute Gasteiger partial charge is 0.310 e. The van der Waals surface area contributed by atoms with Gasteiger partial charge in [0, 0.05) is 66.4 Å². The monoisotopic (exact) mass is 768 g/mol. The van der Waals surface area contributed by atoms with E-state index in [1.54, 1.807) is 0 Å². The molecule has 11 aromatic rings. The Kier molecular flexibility index (Phi) is 8.79. The lowest BCUT2D eigenvalue weighted by atomic mass is 10.1. The van der Waals surface area contributed by atoms with Gasteiger partial charge in [-0.25, -0.2) is 0 Å². The van der Waals surface area contributed by atoms with E-state index in [4.69, 9.17) is 0 Å². The summed E-state index contributed by atoms with van der Waals surface area (Å²) in [5, 5.41) is 4.59. The van der Waals surface area contributed by atoms with E-state index in [1.165, 1.54) is 0 Å². The van der Waals surface area contributed by atoms with Crippen molar-refractivity contribution >= 4 is 65.7 Å². The molecule has 1 heterocycles. The molecule has 0 radical (unpaired) electrons. The van der Waals surface area contributed by atoms with E-state index in [9.17, 15) is 0 Å². The maximum absolute atomic E-state index is 2.40. The molecule has 11 rings (SSSR count). The molecule has 0 aliphatic rings. The summed E-state index contributed by atoms with van der Waals surface area (Å²) in [7, 11) is 0. The van der Waals surface area contributed by atoms with Crippen LogP contribution in [0.25, 0.3) is 88.4 Å². The van der Waals surface area contributed by atoms with Gasteiger partial charge < -0.3 is 18.3 Å². The molecular formula is C56H40N4. The summed E-state index contributed by atoms with van der Waals surface area (Å²) in [5.74, 6) is 0. The molecule has 10 aromatic carbocycles. The Hall–Kier alpha value is -8.08. The van der Waals surface area contributed by atoms with Crippen LogP contribution in [0.3, 0.4) is 0 Å². The van der Waals surface area contributed by atoms with Gasteiger partial charge in [-0.1, -0.05) is 133 Å². The average Bonchev–Trinajstić information content (AvgIpc) is 3.32. The van der Waals surface area contributed by atoms with Crippen LogP contribution in [0.4, 0.5) is 0 Å². The molecule has 1 aromatic heterocycles. The Bertz CT molecular complexity index is 3050. The summed E-state index contributed by atoms with van der Waals surface area (Å²) >= 11 is 0. The fraction of sp³-hybridized carbons (Fsp3) is 0. The minimum atomic E-state index is 1.06. The first-order chi connectivity index (χ1) is 29.8. The fourth-order valence-electron chi connectivity index (χ4n) is 8.87. The third-order valence-electron chi connectivity index (χ3n) is 11.5.